The Hall–Kier alpha value is -3.06. The Bertz CT molecular complexity index is 1140. The first-order chi connectivity index (χ1) is 15.5. The van der Waals surface area contributed by atoms with Crippen molar-refractivity contribution in [2.24, 2.45) is 5.92 Å². The second kappa shape index (κ2) is 10.0. The van der Waals surface area contributed by atoms with Crippen LogP contribution >= 0.6 is 11.8 Å². The van der Waals surface area contributed by atoms with Gasteiger partial charge in [0.25, 0.3) is 5.56 Å². The fourth-order valence-corrected chi connectivity index (χ4v) is 4.86. The molecule has 0 spiro atoms. The second-order valence-corrected chi connectivity index (χ2v) is 8.86. The maximum absolute atomic E-state index is 12.8. The Morgan fingerprint density at radius 3 is 2.62 bits per heavy atom. The number of fused-ring (bicyclic) bond motifs is 1. The molecule has 166 valence electrons. The Morgan fingerprint density at radius 1 is 1.16 bits per heavy atom. The third-order valence-electron chi connectivity index (χ3n) is 5.61. The zero-order valence-corrected chi connectivity index (χ0v) is 19.2. The van der Waals surface area contributed by atoms with Gasteiger partial charge in [-0.1, -0.05) is 61.2 Å². The van der Waals surface area contributed by atoms with Crippen molar-refractivity contribution in [2.45, 2.75) is 45.1 Å². The number of ether oxygens (including phenoxy) is 1. The average molecular weight is 450 g/mol. The summed E-state index contributed by atoms with van der Waals surface area (Å²) in [6.07, 6.45) is 0.643. The van der Waals surface area contributed by atoms with E-state index in [-0.39, 0.29) is 17.4 Å². The van der Waals surface area contributed by atoms with Crippen molar-refractivity contribution in [2.75, 3.05) is 5.75 Å². The van der Waals surface area contributed by atoms with Crippen LogP contribution in [0.2, 0.25) is 0 Å². The number of hydrogen-bond donors (Lipinski definition) is 1. The highest BCUT2D eigenvalue weighted by molar-refractivity contribution is 7.99. The maximum atomic E-state index is 12.8. The molecule has 6 nitrogen and oxygen atoms in total. The zero-order chi connectivity index (χ0) is 22.5. The summed E-state index contributed by atoms with van der Waals surface area (Å²) in [6, 6.07) is 17.8. The molecule has 2 heterocycles. The van der Waals surface area contributed by atoms with Crippen molar-refractivity contribution >= 4 is 17.7 Å². The van der Waals surface area contributed by atoms with E-state index in [1.165, 1.54) is 11.8 Å². The molecule has 1 atom stereocenters. The number of carbonyl (C=O) groups excluding carboxylic acids is 1. The number of aryl methyl sites for hydroxylation is 1. The fraction of sp³-hybridized carbons (Fsp3) is 0.320. The lowest BCUT2D eigenvalue weighted by atomic mass is 10.1. The van der Waals surface area contributed by atoms with Crippen LogP contribution in [0.4, 0.5) is 0 Å². The van der Waals surface area contributed by atoms with E-state index in [1.807, 2.05) is 68.4 Å². The van der Waals surface area contributed by atoms with Crippen molar-refractivity contribution in [1.29, 1.82) is 0 Å². The van der Waals surface area contributed by atoms with Gasteiger partial charge < -0.3 is 10.1 Å². The highest BCUT2D eigenvalue weighted by Gasteiger charge is 2.27. The predicted molar refractivity (Wildman–Crippen MR) is 126 cm³/mol. The molecule has 1 aliphatic rings. The lowest BCUT2D eigenvalue weighted by Crippen LogP contribution is -2.40. The van der Waals surface area contributed by atoms with Crippen LogP contribution in [0, 0.1) is 12.8 Å². The van der Waals surface area contributed by atoms with Gasteiger partial charge in [0.2, 0.25) is 5.91 Å². The van der Waals surface area contributed by atoms with Gasteiger partial charge in [0.15, 0.2) is 5.16 Å². The lowest BCUT2D eigenvalue weighted by Gasteiger charge is -2.25. The van der Waals surface area contributed by atoms with Gasteiger partial charge in [-0.2, -0.15) is 0 Å². The van der Waals surface area contributed by atoms with E-state index in [0.717, 1.165) is 28.1 Å². The third kappa shape index (κ3) is 5.05. The number of nitrogens with zero attached hydrogens (tertiary/aromatic N) is 2. The summed E-state index contributed by atoms with van der Waals surface area (Å²) in [5.74, 6) is 1.11. The molecule has 0 radical (unpaired) electrons. The molecule has 0 fully saturated rings. The molecule has 0 unspecified atom stereocenters. The zero-order valence-electron chi connectivity index (χ0n) is 18.3. The molecule has 0 saturated carbocycles. The topological polar surface area (TPSA) is 73.2 Å². The molecule has 3 aromatic rings. The first-order valence-corrected chi connectivity index (χ1v) is 11.8. The van der Waals surface area contributed by atoms with Crippen LogP contribution in [-0.4, -0.2) is 21.2 Å². The average Bonchev–Trinajstić information content (AvgIpc) is 2.82. The van der Waals surface area contributed by atoms with Gasteiger partial charge in [-0.25, -0.2) is 4.98 Å². The van der Waals surface area contributed by atoms with E-state index in [4.69, 9.17) is 4.74 Å². The number of thioether (sulfide) groups is 1. The summed E-state index contributed by atoms with van der Waals surface area (Å²) in [5, 5.41) is 3.72. The van der Waals surface area contributed by atoms with Crippen LogP contribution in [0.5, 0.6) is 5.75 Å². The van der Waals surface area contributed by atoms with Gasteiger partial charge in [-0.15, -0.1) is 0 Å². The molecule has 0 bridgehead atoms. The molecule has 1 aliphatic heterocycles. The molecular weight excluding hydrogens is 422 g/mol. The minimum absolute atomic E-state index is 0.0221. The molecular formula is C25H27N3O3S. The van der Waals surface area contributed by atoms with Crippen LogP contribution in [0.15, 0.2) is 64.5 Å². The van der Waals surface area contributed by atoms with Crippen LogP contribution in [0.25, 0.3) is 0 Å². The third-order valence-corrected chi connectivity index (χ3v) is 6.75. The molecule has 0 saturated heterocycles. The second-order valence-electron chi connectivity index (χ2n) is 7.87. The van der Waals surface area contributed by atoms with Crippen molar-refractivity contribution < 1.29 is 9.53 Å². The van der Waals surface area contributed by atoms with E-state index in [2.05, 4.69) is 10.3 Å². The number of nitrogens with one attached hydrogen (secondary N) is 1. The van der Waals surface area contributed by atoms with Crippen molar-refractivity contribution in [3.63, 3.8) is 0 Å². The van der Waals surface area contributed by atoms with Crippen LogP contribution in [-0.2, 0) is 30.9 Å². The molecule has 0 aliphatic carbocycles. The molecule has 1 N–H and O–H groups in total. The van der Waals surface area contributed by atoms with Gasteiger partial charge in [0.05, 0.1) is 5.92 Å². The predicted octanol–water partition coefficient (Wildman–Crippen LogP) is 3.73. The van der Waals surface area contributed by atoms with E-state index < -0.39 is 0 Å². The number of aromatic nitrogens is 2. The SMILES string of the molecule is CCc1c(C)nc2n(c1=O)C[C@H](C(=O)NCc1ccc(OCc3ccccc3)cc1)CS2. The Morgan fingerprint density at radius 2 is 1.91 bits per heavy atom. The van der Waals surface area contributed by atoms with Crippen LogP contribution in [0.1, 0.15) is 29.3 Å². The van der Waals surface area contributed by atoms with Crippen molar-refractivity contribution in [3.8, 4) is 5.75 Å². The van der Waals surface area contributed by atoms with Gasteiger partial charge in [0, 0.05) is 30.1 Å². The van der Waals surface area contributed by atoms with Crippen LogP contribution in [0.3, 0.4) is 0 Å². The quantitative estimate of drug-likeness (QED) is 0.557. The van der Waals surface area contributed by atoms with Crippen molar-refractivity contribution in [3.05, 3.63) is 87.3 Å². The van der Waals surface area contributed by atoms with Crippen molar-refractivity contribution in [1.82, 2.24) is 14.9 Å². The number of carbonyl (C=O) groups is 1. The standard InChI is InChI=1S/C25H27N3O3S/c1-3-22-17(2)27-25-28(24(22)30)14-20(16-32-25)23(29)26-13-18-9-11-21(12-10-18)31-15-19-7-5-4-6-8-19/h4-12,20H,3,13-16H2,1-2H3,(H,26,29)/t20-/m0/s1. The van der Waals surface area contributed by atoms with E-state index in [9.17, 15) is 9.59 Å². The molecule has 7 heteroatoms. The van der Waals surface area contributed by atoms with Gasteiger partial charge in [-0.3, -0.25) is 14.2 Å². The van der Waals surface area contributed by atoms with E-state index in [1.54, 1.807) is 4.57 Å². The van der Waals surface area contributed by atoms with Gasteiger partial charge >= 0.3 is 0 Å². The number of hydrogen-bond acceptors (Lipinski definition) is 5. The Balaban J connectivity index is 1.32. The summed E-state index contributed by atoms with van der Waals surface area (Å²) < 4.78 is 7.47. The molecule has 2 aromatic carbocycles. The molecule has 1 amide bonds. The minimum Gasteiger partial charge on any atom is -0.489 e. The number of rotatable bonds is 7. The van der Waals surface area contributed by atoms with E-state index >= 15 is 0 Å². The highest BCUT2D eigenvalue weighted by atomic mass is 32.2. The first-order valence-electron chi connectivity index (χ1n) is 10.8. The first kappa shape index (κ1) is 22.1. The molecule has 32 heavy (non-hydrogen) atoms. The Labute approximate surface area is 192 Å². The number of benzene rings is 2. The smallest absolute Gasteiger partial charge is 0.257 e. The maximum Gasteiger partial charge on any atom is 0.257 e. The normalized spacial score (nSPS) is 15.1. The van der Waals surface area contributed by atoms with E-state index in [0.29, 0.717) is 37.0 Å². The molecule has 1 aromatic heterocycles. The summed E-state index contributed by atoms with van der Waals surface area (Å²) in [7, 11) is 0. The monoisotopic (exact) mass is 449 g/mol. The number of amides is 1. The largest absolute Gasteiger partial charge is 0.489 e. The summed E-state index contributed by atoms with van der Waals surface area (Å²) in [4.78, 5) is 30.1. The highest BCUT2D eigenvalue weighted by Crippen LogP contribution is 2.26. The lowest BCUT2D eigenvalue weighted by molar-refractivity contribution is -0.125. The van der Waals surface area contributed by atoms with Crippen LogP contribution < -0.4 is 15.6 Å². The fourth-order valence-electron chi connectivity index (χ4n) is 3.74. The summed E-state index contributed by atoms with van der Waals surface area (Å²) in [6.45, 7) is 5.16. The van der Waals surface area contributed by atoms with Gasteiger partial charge in [0.1, 0.15) is 12.4 Å². The summed E-state index contributed by atoms with van der Waals surface area (Å²) in [5.41, 5.74) is 3.61. The molecule has 4 rings (SSSR count). The van der Waals surface area contributed by atoms with Gasteiger partial charge in [-0.05, 0) is 36.6 Å². The minimum atomic E-state index is -0.257. The summed E-state index contributed by atoms with van der Waals surface area (Å²) >= 11 is 1.47. The Kier molecular flexibility index (Phi) is 6.95.